The lowest BCUT2D eigenvalue weighted by Crippen LogP contribution is -2.44. The highest BCUT2D eigenvalue weighted by Crippen LogP contribution is 2.28. The zero-order valence-electron chi connectivity index (χ0n) is 14.3. The Morgan fingerprint density at radius 1 is 1.27 bits per heavy atom. The molecule has 2 N–H and O–H groups in total. The molecule has 138 valence electrons. The van der Waals surface area contributed by atoms with Crippen LogP contribution in [-0.4, -0.2) is 32.7 Å². The van der Waals surface area contributed by atoms with Crippen LogP contribution >= 0.6 is 11.6 Å². The number of carbonyl (C=O) groups is 1. The highest BCUT2D eigenvalue weighted by atomic mass is 35.5. The van der Waals surface area contributed by atoms with E-state index in [1.165, 1.54) is 6.07 Å². The average Bonchev–Trinajstić information content (AvgIpc) is 2.67. The van der Waals surface area contributed by atoms with Crippen molar-refractivity contribution in [2.24, 2.45) is 0 Å². The summed E-state index contributed by atoms with van der Waals surface area (Å²) in [4.78, 5) is 17.1. The Kier molecular flexibility index (Phi) is 6.19. The van der Waals surface area contributed by atoms with Gasteiger partial charge in [-0.15, -0.1) is 0 Å². The molecular formula is C19H21ClN2O3S. The molecule has 1 saturated carbocycles. The van der Waals surface area contributed by atoms with Gasteiger partial charge >= 0.3 is 0 Å². The number of halogens is 1. The zero-order valence-corrected chi connectivity index (χ0v) is 15.9. The highest BCUT2D eigenvalue weighted by Gasteiger charge is 2.30. The maximum atomic E-state index is 12.6. The standard InChI is InChI=1S/C19H21ClN2O3S/c20-16-8-7-14(26(25)17-6-2-5-11-21-17)12-15(16)18(23)22-13-19(24)9-3-1-4-10-19/h2,5-8,11-12,24H,1,3-4,9-10,13H2,(H,22,23). The Hall–Kier alpha value is -1.60. The molecule has 0 saturated heterocycles. The van der Waals surface area contributed by atoms with Crippen LogP contribution in [0, 0.1) is 0 Å². The van der Waals surface area contributed by atoms with Crippen molar-refractivity contribution < 1.29 is 14.5 Å². The van der Waals surface area contributed by atoms with E-state index in [9.17, 15) is 14.5 Å². The topological polar surface area (TPSA) is 85.3 Å². The monoisotopic (exact) mass is 392 g/mol. The van der Waals surface area contributed by atoms with Gasteiger partial charge in [-0.05, 0) is 31.0 Å². The normalized spacial score (nSPS) is 17.5. The zero-order chi connectivity index (χ0) is 18.6. The van der Waals surface area contributed by atoms with E-state index in [1.807, 2.05) is 0 Å². The van der Waals surface area contributed by atoms with Crippen LogP contribution in [-0.2, 0) is 11.2 Å². The molecule has 1 amide bonds. The minimum Gasteiger partial charge on any atom is -0.605 e. The van der Waals surface area contributed by atoms with Crippen LogP contribution in [0.3, 0.4) is 0 Å². The number of nitrogens with zero attached hydrogens (tertiary/aromatic N) is 1. The van der Waals surface area contributed by atoms with Crippen LogP contribution in [0.4, 0.5) is 0 Å². The van der Waals surface area contributed by atoms with Crippen LogP contribution in [0.5, 0.6) is 0 Å². The predicted molar refractivity (Wildman–Crippen MR) is 101 cm³/mol. The second-order valence-electron chi connectivity index (χ2n) is 6.55. The molecule has 26 heavy (non-hydrogen) atoms. The largest absolute Gasteiger partial charge is 0.605 e. The number of hydrogen-bond acceptors (Lipinski definition) is 4. The number of nitrogens with one attached hydrogen (secondary N) is 1. The molecule has 0 spiro atoms. The van der Waals surface area contributed by atoms with Gasteiger partial charge in [0.2, 0.25) is 5.03 Å². The summed E-state index contributed by atoms with van der Waals surface area (Å²) in [6.45, 7) is 0.190. The molecule has 1 unspecified atom stereocenters. The first-order valence-electron chi connectivity index (χ1n) is 8.61. The molecule has 2 aromatic rings. The Labute approximate surface area is 161 Å². The number of amides is 1. The van der Waals surface area contributed by atoms with Crippen molar-refractivity contribution in [2.45, 2.75) is 47.6 Å². The Morgan fingerprint density at radius 2 is 2.04 bits per heavy atom. The van der Waals surface area contributed by atoms with Gasteiger partial charge in [0.1, 0.15) is 0 Å². The van der Waals surface area contributed by atoms with Crippen molar-refractivity contribution >= 4 is 28.7 Å². The fourth-order valence-corrected chi connectivity index (χ4v) is 4.32. The van der Waals surface area contributed by atoms with Crippen LogP contribution in [0.2, 0.25) is 5.02 Å². The summed E-state index contributed by atoms with van der Waals surface area (Å²) >= 11 is 4.66. The number of pyridine rings is 1. The molecule has 1 heterocycles. The van der Waals surface area contributed by atoms with Crippen LogP contribution < -0.4 is 5.32 Å². The van der Waals surface area contributed by atoms with Gasteiger partial charge in [0.05, 0.1) is 16.2 Å². The van der Waals surface area contributed by atoms with E-state index in [4.69, 9.17) is 11.6 Å². The third-order valence-electron chi connectivity index (χ3n) is 4.59. The SMILES string of the molecule is O=C(NCC1(O)CCCCC1)c1cc([S+]([O-])c2ccccn2)ccc1Cl. The molecule has 1 aliphatic carbocycles. The van der Waals surface area contributed by atoms with Gasteiger partial charge in [0.15, 0.2) is 4.90 Å². The van der Waals surface area contributed by atoms with Crippen LogP contribution in [0.1, 0.15) is 42.5 Å². The fraction of sp³-hybridized carbons (Fsp3) is 0.368. The highest BCUT2D eigenvalue weighted by molar-refractivity contribution is 7.91. The fourth-order valence-electron chi connectivity index (χ4n) is 3.10. The molecule has 0 bridgehead atoms. The van der Waals surface area contributed by atoms with Crippen molar-refractivity contribution in [3.05, 3.63) is 53.2 Å². The van der Waals surface area contributed by atoms with E-state index in [1.54, 1.807) is 36.5 Å². The van der Waals surface area contributed by atoms with Crippen molar-refractivity contribution in [2.75, 3.05) is 6.54 Å². The summed E-state index contributed by atoms with van der Waals surface area (Å²) in [6.07, 6.45) is 5.98. The minimum absolute atomic E-state index is 0.190. The second-order valence-corrected chi connectivity index (χ2v) is 8.38. The Morgan fingerprint density at radius 3 is 2.73 bits per heavy atom. The summed E-state index contributed by atoms with van der Waals surface area (Å²) in [5, 5.41) is 14.0. The van der Waals surface area contributed by atoms with Crippen LogP contribution in [0.15, 0.2) is 52.5 Å². The van der Waals surface area contributed by atoms with E-state index < -0.39 is 16.8 Å². The second kappa shape index (κ2) is 8.39. The van der Waals surface area contributed by atoms with E-state index in [0.717, 1.165) is 19.3 Å². The molecule has 7 heteroatoms. The summed E-state index contributed by atoms with van der Waals surface area (Å²) in [6, 6.07) is 9.88. The Balaban J connectivity index is 1.73. The molecule has 1 aliphatic rings. The maximum Gasteiger partial charge on any atom is 0.253 e. The summed E-state index contributed by atoms with van der Waals surface area (Å²) in [7, 11) is 0. The van der Waals surface area contributed by atoms with Gasteiger partial charge < -0.3 is 15.0 Å². The van der Waals surface area contributed by atoms with Gasteiger partial charge in [0.25, 0.3) is 5.91 Å². The molecular weight excluding hydrogens is 372 g/mol. The molecule has 1 aromatic carbocycles. The minimum atomic E-state index is -1.50. The molecule has 0 radical (unpaired) electrons. The quantitative estimate of drug-likeness (QED) is 0.764. The van der Waals surface area contributed by atoms with Gasteiger partial charge in [-0.1, -0.05) is 36.9 Å². The molecule has 1 fully saturated rings. The first kappa shape index (κ1) is 19.2. The van der Waals surface area contributed by atoms with Crippen molar-refractivity contribution in [3.8, 4) is 0 Å². The van der Waals surface area contributed by atoms with E-state index >= 15 is 0 Å². The molecule has 1 atom stereocenters. The lowest BCUT2D eigenvalue weighted by molar-refractivity contribution is 0.00525. The van der Waals surface area contributed by atoms with Gasteiger partial charge in [-0.2, -0.15) is 0 Å². The number of benzene rings is 1. The lowest BCUT2D eigenvalue weighted by Gasteiger charge is -2.32. The van der Waals surface area contributed by atoms with Crippen molar-refractivity contribution in [1.82, 2.24) is 10.3 Å². The average molecular weight is 393 g/mol. The van der Waals surface area contributed by atoms with Crippen molar-refractivity contribution in [3.63, 3.8) is 0 Å². The van der Waals surface area contributed by atoms with Gasteiger partial charge in [0, 0.05) is 36.1 Å². The van der Waals surface area contributed by atoms with E-state index in [0.29, 0.717) is 22.8 Å². The number of hydrogen-bond donors (Lipinski definition) is 2. The summed E-state index contributed by atoms with van der Waals surface area (Å²) in [5.41, 5.74) is -0.609. The molecule has 0 aliphatic heterocycles. The Bertz CT molecular complexity index is 767. The van der Waals surface area contributed by atoms with Crippen LogP contribution in [0.25, 0.3) is 0 Å². The predicted octanol–water partition coefficient (Wildman–Crippen LogP) is 3.33. The summed E-state index contributed by atoms with van der Waals surface area (Å²) in [5.74, 6) is -0.381. The molecule has 3 rings (SSSR count). The third kappa shape index (κ3) is 4.57. The van der Waals surface area contributed by atoms with E-state index in [-0.39, 0.29) is 23.0 Å². The number of carbonyl (C=O) groups excluding carboxylic acids is 1. The lowest BCUT2D eigenvalue weighted by atomic mass is 9.85. The van der Waals surface area contributed by atoms with Crippen molar-refractivity contribution in [1.29, 1.82) is 0 Å². The first-order chi connectivity index (χ1) is 12.5. The number of aromatic nitrogens is 1. The smallest absolute Gasteiger partial charge is 0.253 e. The maximum absolute atomic E-state index is 12.6. The molecule has 1 aromatic heterocycles. The molecule has 5 nitrogen and oxygen atoms in total. The summed E-state index contributed by atoms with van der Waals surface area (Å²) < 4.78 is 12.6. The number of rotatable bonds is 5. The number of aliphatic hydroxyl groups is 1. The third-order valence-corrected chi connectivity index (χ3v) is 6.22. The van der Waals surface area contributed by atoms with Gasteiger partial charge in [-0.3, -0.25) is 4.79 Å². The van der Waals surface area contributed by atoms with E-state index in [2.05, 4.69) is 10.3 Å². The first-order valence-corrected chi connectivity index (χ1v) is 10.1. The van der Waals surface area contributed by atoms with Gasteiger partial charge in [-0.25, -0.2) is 4.98 Å².